The maximum atomic E-state index is 12.5. The number of para-hydroxylation sites is 1. The van der Waals surface area contributed by atoms with Crippen molar-refractivity contribution in [2.75, 3.05) is 51.8 Å². The number of piperidine rings is 1. The SMILES string of the molecule is O=C(C1CCN(S(=O)(=O)CCOc2ccccc2)CC1)N1CCOCC1. The highest BCUT2D eigenvalue weighted by Crippen LogP contribution is 2.22. The van der Waals surface area contributed by atoms with Crippen LogP contribution in [0.1, 0.15) is 12.8 Å². The Kier molecular flexibility index (Phi) is 6.50. The Labute approximate surface area is 154 Å². The monoisotopic (exact) mass is 382 g/mol. The summed E-state index contributed by atoms with van der Waals surface area (Å²) in [6, 6.07) is 9.18. The number of rotatable bonds is 6. The van der Waals surface area contributed by atoms with Crippen molar-refractivity contribution in [2.45, 2.75) is 12.8 Å². The van der Waals surface area contributed by atoms with Crippen molar-refractivity contribution in [3.63, 3.8) is 0 Å². The lowest BCUT2D eigenvalue weighted by Gasteiger charge is -2.35. The number of hydrogen-bond acceptors (Lipinski definition) is 5. The molecule has 1 aromatic carbocycles. The molecule has 0 unspecified atom stereocenters. The number of sulfonamides is 1. The van der Waals surface area contributed by atoms with E-state index < -0.39 is 10.0 Å². The average molecular weight is 382 g/mol. The minimum absolute atomic E-state index is 0.0516. The van der Waals surface area contributed by atoms with Gasteiger partial charge in [-0.3, -0.25) is 4.79 Å². The Morgan fingerprint density at radius 3 is 2.38 bits per heavy atom. The zero-order valence-corrected chi connectivity index (χ0v) is 15.7. The lowest BCUT2D eigenvalue weighted by molar-refractivity contribution is -0.140. The maximum absolute atomic E-state index is 12.5. The van der Waals surface area contributed by atoms with E-state index in [1.807, 2.05) is 23.1 Å². The van der Waals surface area contributed by atoms with Gasteiger partial charge < -0.3 is 14.4 Å². The van der Waals surface area contributed by atoms with E-state index >= 15 is 0 Å². The molecule has 1 amide bonds. The van der Waals surface area contributed by atoms with E-state index in [9.17, 15) is 13.2 Å². The van der Waals surface area contributed by atoms with Crippen LogP contribution in [0.4, 0.5) is 0 Å². The predicted molar refractivity (Wildman–Crippen MR) is 97.4 cm³/mol. The van der Waals surface area contributed by atoms with Crippen molar-refractivity contribution >= 4 is 15.9 Å². The molecule has 2 heterocycles. The first kappa shape index (κ1) is 19.1. The number of nitrogens with zero attached hydrogens (tertiary/aromatic N) is 2. The largest absolute Gasteiger partial charge is 0.492 e. The topological polar surface area (TPSA) is 76.2 Å². The predicted octanol–water partition coefficient (Wildman–Crippen LogP) is 0.966. The van der Waals surface area contributed by atoms with Crippen molar-refractivity contribution in [3.8, 4) is 5.75 Å². The van der Waals surface area contributed by atoms with Crippen LogP contribution in [-0.4, -0.2) is 75.3 Å². The van der Waals surface area contributed by atoms with E-state index in [4.69, 9.17) is 9.47 Å². The van der Waals surface area contributed by atoms with Gasteiger partial charge in [-0.2, -0.15) is 0 Å². The van der Waals surface area contributed by atoms with Crippen molar-refractivity contribution in [2.24, 2.45) is 5.92 Å². The van der Waals surface area contributed by atoms with Gasteiger partial charge in [0.1, 0.15) is 12.4 Å². The molecule has 8 heteroatoms. The van der Waals surface area contributed by atoms with Crippen LogP contribution in [0.5, 0.6) is 5.75 Å². The molecule has 0 spiro atoms. The standard InChI is InChI=1S/C18H26N2O5S/c21-18(19-10-12-24-13-11-19)16-6-8-20(9-7-16)26(22,23)15-14-25-17-4-2-1-3-5-17/h1-5,16H,6-15H2. The van der Waals surface area contributed by atoms with E-state index in [1.54, 1.807) is 12.1 Å². The fourth-order valence-electron chi connectivity index (χ4n) is 3.33. The summed E-state index contributed by atoms with van der Waals surface area (Å²) in [5, 5.41) is 0. The van der Waals surface area contributed by atoms with Gasteiger partial charge in [-0.05, 0) is 25.0 Å². The molecular formula is C18H26N2O5S. The first-order valence-electron chi connectivity index (χ1n) is 9.08. The zero-order chi connectivity index (χ0) is 18.4. The van der Waals surface area contributed by atoms with E-state index in [1.165, 1.54) is 4.31 Å². The summed E-state index contributed by atoms with van der Waals surface area (Å²) in [7, 11) is -3.36. The first-order valence-corrected chi connectivity index (χ1v) is 10.7. The number of carbonyl (C=O) groups is 1. The molecule has 7 nitrogen and oxygen atoms in total. The highest BCUT2D eigenvalue weighted by Gasteiger charge is 2.33. The summed E-state index contributed by atoms with van der Waals surface area (Å²) in [5.41, 5.74) is 0. The molecule has 2 aliphatic rings. The highest BCUT2D eigenvalue weighted by atomic mass is 32.2. The van der Waals surface area contributed by atoms with Crippen molar-refractivity contribution in [3.05, 3.63) is 30.3 Å². The Morgan fingerprint density at radius 2 is 1.73 bits per heavy atom. The summed E-state index contributed by atoms with van der Waals surface area (Å²) in [6.45, 7) is 3.35. The lowest BCUT2D eigenvalue weighted by Crippen LogP contribution is -2.48. The summed E-state index contributed by atoms with van der Waals surface area (Å²) in [5.74, 6) is 0.666. The molecule has 0 aliphatic carbocycles. The molecule has 0 N–H and O–H groups in total. The summed E-state index contributed by atoms with van der Waals surface area (Å²) in [6.07, 6.45) is 1.16. The quantitative estimate of drug-likeness (QED) is 0.733. The van der Waals surface area contributed by atoms with Gasteiger partial charge in [0.15, 0.2) is 0 Å². The minimum atomic E-state index is -3.36. The van der Waals surface area contributed by atoms with Crippen LogP contribution in [-0.2, 0) is 19.6 Å². The maximum Gasteiger partial charge on any atom is 0.225 e. The van der Waals surface area contributed by atoms with Gasteiger partial charge in [0.05, 0.1) is 19.0 Å². The van der Waals surface area contributed by atoms with Gasteiger partial charge in [-0.15, -0.1) is 0 Å². The molecule has 26 heavy (non-hydrogen) atoms. The Balaban J connectivity index is 1.44. The number of carbonyl (C=O) groups excluding carboxylic acids is 1. The number of benzene rings is 1. The number of amides is 1. The van der Waals surface area contributed by atoms with Crippen molar-refractivity contribution < 1.29 is 22.7 Å². The van der Waals surface area contributed by atoms with Crippen LogP contribution < -0.4 is 4.74 Å². The molecule has 144 valence electrons. The van der Waals surface area contributed by atoms with E-state index in [-0.39, 0.29) is 24.2 Å². The third-order valence-corrected chi connectivity index (χ3v) is 6.71. The average Bonchev–Trinajstić information content (AvgIpc) is 2.69. The van der Waals surface area contributed by atoms with E-state index in [2.05, 4.69) is 0 Å². The number of hydrogen-bond donors (Lipinski definition) is 0. The summed E-state index contributed by atoms with van der Waals surface area (Å²) in [4.78, 5) is 14.4. The van der Waals surface area contributed by atoms with Crippen LogP contribution in [0.3, 0.4) is 0 Å². The van der Waals surface area contributed by atoms with E-state index in [0.29, 0.717) is 58.0 Å². The normalized spacial score (nSPS) is 20.1. The highest BCUT2D eigenvalue weighted by molar-refractivity contribution is 7.89. The second kappa shape index (κ2) is 8.83. The number of morpholine rings is 1. The molecular weight excluding hydrogens is 356 g/mol. The van der Waals surface area contributed by atoms with Crippen LogP contribution in [0.2, 0.25) is 0 Å². The molecule has 1 aromatic rings. The first-order chi connectivity index (χ1) is 12.6. The van der Waals surface area contributed by atoms with Crippen molar-refractivity contribution in [1.82, 2.24) is 9.21 Å². The van der Waals surface area contributed by atoms with Crippen LogP contribution in [0, 0.1) is 5.92 Å². The minimum Gasteiger partial charge on any atom is -0.492 e. The Bertz CT molecular complexity index is 681. The molecule has 2 saturated heterocycles. The summed E-state index contributed by atoms with van der Waals surface area (Å²) >= 11 is 0. The van der Waals surface area contributed by atoms with Crippen LogP contribution in [0.25, 0.3) is 0 Å². The Morgan fingerprint density at radius 1 is 1.08 bits per heavy atom. The molecule has 2 aliphatic heterocycles. The lowest BCUT2D eigenvalue weighted by atomic mass is 9.96. The van der Waals surface area contributed by atoms with E-state index in [0.717, 1.165) is 0 Å². The fraction of sp³-hybridized carbons (Fsp3) is 0.611. The molecule has 2 fully saturated rings. The second-order valence-corrected chi connectivity index (χ2v) is 8.68. The van der Waals surface area contributed by atoms with Gasteiger partial charge in [-0.25, -0.2) is 12.7 Å². The Hall–Kier alpha value is -1.64. The van der Waals surface area contributed by atoms with Crippen LogP contribution >= 0.6 is 0 Å². The molecule has 0 aromatic heterocycles. The zero-order valence-electron chi connectivity index (χ0n) is 14.9. The molecule has 0 bridgehead atoms. The van der Waals surface area contributed by atoms with Crippen LogP contribution in [0.15, 0.2) is 30.3 Å². The number of ether oxygens (including phenoxy) is 2. The molecule has 0 atom stereocenters. The third kappa shape index (κ3) is 4.96. The fourth-order valence-corrected chi connectivity index (χ4v) is 4.65. The van der Waals surface area contributed by atoms with Gasteiger partial charge in [0, 0.05) is 32.1 Å². The van der Waals surface area contributed by atoms with Gasteiger partial charge >= 0.3 is 0 Å². The van der Waals surface area contributed by atoms with Gasteiger partial charge in [0.2, 0.25) is 15.9 Å². The van der Waals surface area contributed by atoms with Gasteiger partial charge in [0.25, 0.3) is 0 Å². The third-order valence-electron chi connectivity index (χ3n) is 4.87. The molecule has 0 saturated carbocycles. The second-order valence-electron chi connectivity index (χ2n) is 6.59. The molecule has 3 rings (SSSR count). The smallest absolute Gasteiger partial charge is 0.225 e. The van der Waals surface area contributed by atoms with Crippen molar-refractivity contribution in [1.29, 1.82) is 0 Å². The molecule has 0 radical (unpaired) electrons. The van der Waals surface area contributed by atoms with Gasteiger partial charge in [-0.1, -0.05) is 18.2 Å². The summed E-state index contributed by atoms with van der Waals surface area (Å²) < 4.78 is 37.2.